The number of hydrogen-bond donors (Lipinski definition) is 3. The summed E-state index contributed by atoms with van der Waals surface area (Å²) < 4.78 is 5.53. The lowest BCUT2D eigenvalue weighted by Crippen LogP contribution is -2.53. The smallest absolute Gasteiger partial charge is 0.252 e. The Morgan fingerprint density at radius 3 is 2.68 bits per heavy atom. The Hall–Kier alpha value is -1.92. The molecular formula is C19H29N3O3. The number of carbonyl (C=O) groups is 2. The largest absolute Gasteiger partial charge is 0.368 e. The highest BCUT2D eigenvalue weighted by Gasteiger charge is 2.39. The number of piperidine rings is 1. The minimum Gasteiger partial charge on any atom is -0.368 e. The maximum Gasteiger partial charge on any atom is 0.252 e. The van der Waals surface area contributed by atoms with Gasteiger partial charge in [0.25, 0.3) is 11.8 Å². The van der Waals surface area contributed by atoms with Crippen LogP contribution in [-0.4, -0.2) is 43.7 Å². The van der Waals surface area contributed by atoms with Gasteiger partial charge in [0.2, 0.25) is 0 Å². The van der Waals surface area contributed by atoms with Crippen LogP contribution in [0.2, 0.25) is 0 Å². The van der Waals surface area contributed by atoms with Crippen molar-refractivity contribution in [2.24, 2.45) is 0 Å². The van der Waals surface area contributed by atoms with E-state index in [0.29, 0.717) is 24.9 Å². The van der Waals surface area contributed by atoms with Crippen LogP contribution in [0.5, 0.6) is 0 Å². The third-order valence-electron chi connectivity index (χ3n) is 4.85. The molecule has 1 atom stereocenters. The number of carbonyl (C=O) groups excluding carboxylic acids is 2. The molecule has 6 nitrogen and oxygen atoms in total. The maximum atomic E-state index is 12.6. The maximum absolute atomic E-state index is 12.6. The van der Waals surface area contributed by atoms with E-state index in [1.807, 2.05) is 32.0 Å². The minimum atomic E-state index is -0.753. The van der Waals surface area contributed by atoms with Gasteiger partial charge in [-0.25, -0.2) is 0 Å². The van der Waals surface area contributed by atoms with Crippen LogP contribution in [0.3, 0.4) is 0 Å². The fraction of sp³-hybridized carbons (Fsp3) is 0.579. The Balaban J connectivity index is 1.97. The van der Waals surface area contributed by atoms with Crippen molar-refractivity contribution in [3.63, 3.8) is 0 Å². The fourth-order valence-electron chi connectivity index (χ4n) is 2.93. The van der Waals surface area contributed by atoms with Crippen molar-refractivity contribution in [1.29, 1.82) is 0 Å². The second-order valence-corrected chi connectivity index (χ2v) is 6.61. The Morgan fingerprint density at radius 1 is 1.32 bits per heavy atom. The molecule has 1 aromatic rings. The molecule has 0 radical (unpaired) electrons. The first-order valence-electron chi connectivity index (χ1n) is 8.94. The van der Waals surface area contributed by atoms with E-state index in [0.717, 1.165) is 25.1 Å². The molecule has 1 aromatic carbocycles. The van der Waals surface area contributed by atoms with Gasteiger partial charge in [-0.05, 0) is 57.0 Å². The normalized spacial score (nSPS) is 17.6. The number of benzene rings is 1. The van der Waals surface area contributed by atoms with Crippen LogP contribution >= 0.6 is 0 Å². The molecule has 1 fully saturated rings. The average Bonchev–Trinajstić information content (AvgIpc) is 2.66. The van der Waals surface area contributed by atoms with Gasteiger partial charge in [0.05, 0.1) is 0 Å². The summed E-state index contributed by atoms with van der Waals surface area (Å²) in [7, 11) is 1.59. The van der Waals surface area contributed by atoms with E-state index in [1.165, 1.54) is 0 Å². The van der Waals surface area contributed by atoms with Gasteiger partial charge in [0.15, 0.2) is 0 Å². The Morgan fingerprint density at radius 2 is 2.04 bits per heavy atom. The number of nitrogens with one attached hydrogen (secondary N) is 3. The van der Waals surface area contributed by atoms with Crippen LogP contribution in [0.1, 0.15) is 49.0 Å². The summed E-state index contributed by atoms with van der Waals surface area (Å²) in [5, 5.41) is 9.14. The molecule has 2 rings (SSSR count). The third-order valence-corrected chi connectivity index (χ3v) is 4.85. The number of rotatable bonds is 7. The van der Waals surface area contributed by atoms with Crippen LogP contribution in [0.15, 0.2) is 24.3 Å². The van der Waals surface area contributed by atoms with Gasteiger partial charge < -0.3 is 20.7 Å². The molecule has 6 heteroatoms. The van der Waals surface area contributed by atoms with E-state index in [1.54, 1.807) is 13.2 Å². The molecule has 0 aliphatic carbocycles. The highest BCUT2D eigenvalue weighted by molar-refractivity contribution is 5.94. The molecule has 25 heavy (non-hydrogen) atoms. The van der Waals surface area contributed by atoms with E-state index >= 15 is 0 Å². The number of ether oxygens (including phenoxy) is 1. The summed E-state index contributed by atoms with van der Waals surface area (Å²) in [4.78, 5) is 24.8. The second kappa shape index (κ2) is 8.97. The molecule has 0 bridgehead atoms. The molecule has 0 aromatic heterocycles. The molecule has 3 N–H and O–H groups in total. The lowest BCUT2D eigenvalue weighted by atomic mass is 9.91. The van der Waals surface area contributed by atoms with Gasteiger partial charge in [0, 0.05) is 25.3 Å². The first-order chi connectivity index (χ1) is 12.0. The first kappa shape index (κ1) is 19.4. The van der Waals surface area contributed by atoms with E-state index in [4.69, 9.17) is 4.74 Å². The van der Waals surface area contributed by atoms with E-state index in [9.17, 15) is 9.59 Å². The van der Waals surface area contributed by atoms with E-state index in [2.05, 4.69) is 16.0 Å². The molecular weight excluding hydrogens is 318 g/mol. The zero-order chi connectivity index (χ0) is 18.3. The van der Waals surface area contributed by atoms with Gasteiger partial charge >= 0.3 is 0 Å². The summed E-state index contributed by atoms with van der Waals surface area (Å²) in [5.74, 6) is -0.180. The number of hydrogen-bond acceptors (Lipinski definition) is 4. The van der Waals surface area contributed by atoms with Gasteiger partial charge in [-0.15, -0.1) is 0 Å². The number of methoxy groups -OCH3 is 1. The fourth-order valence-corrected chi connectivity index (χ4v) is 2.93. The summed E-state index contributed by atoms with van der Waals surface area (Å²) in [6.07, 6.45) is 2.20. The highest BCUT2D eigenvalue weighted by atomic mass is 16.5. The summed E-state index contributed by atoms with van der Waals surface area (Å²) in [6, 6.07) is 7.48. The van der Waals surface area contributed by atoms with Crippen LogP contribution in [0, 0.1) is 0 Å². The SMILES string of the molecule is CCC(C)NC(=O)c1cccc(CNC(=O)C2(OC)CCNCC2)c1. The average molecular weight is 347 g/mol. The Kier molecular flexibility index (Phi) is 6.96. The lowest BCUT2D eigenvalue weighted by molar-refractivity contribution is -0.146. The summed E-state index contributed by atoms with van der Waals surface area (Å²) in [6.45, 7) is 5.93. The molecule has 138 valence electrons. The predicted octanol–water partition coefficient (Wildman–Crippen LogP) is 1.60. The predicted molar refractivity (Wildman–Crippen MR) is 97.4 cm³/mol. The van der Waals surface area contributed by atoms with Crippen molar-refractivity contribution in [3.05, 3.63) is 35.4 Å². The van der Waals surface area contributed by atoms with Crippen molar-refractivity contribution in [2.45, 2.75) is 51.3 Å². The van der Waals surface area contributed by atoms with E-state index in [-0.39, 0.29) is 17.9 Å². The topological polar surface area (TPSA) is 79.5 Å². The monoisotopic (exact) mass is 347 g/mol. The summed E-state index contributed by atoms with van der Waals surface area (Å²) in [5.41, 5.74) is 0.747. The molecule has 2 amide bonds. The molecule has 0 saturated carbocycles. The quantitative estimate of drug-likeness (QED) is 0.700. The van der Waals surface area contributed by atoms with Crippen LogP contribution in [0.25, 0.3) is 0 Å². The van der Waals surface area contributed by atoms with Crippen molar-refractivity contribution in [1.82, 2.24) is 16.0 Å². The number of amides is 2. The zero-order valence-corrected chi connectivity index (χ0v) is 15.4. The van der Waals surface area contributed by atoms with Crippen LogP contribution in [0.4, 0.5) is 0 Å². The minimum absolute atomic E-state index is 0.0887. The van der Waals surface area contributed by atoms with Gasteiger partial charge in [-0.3, -0.25) is 9.59 Å². The van der Waals surface area contributed by atoms with Crippen molar-refractivity contribution in [3.8, 4) is 0 Å². The lowest BCUT2D eigenvalue weighted by Gasteiger charge is -2.34. The molecule has 1 aliphatic rings. The van der Waals surface area contributed by atoms with Crippen molar-refractivity contribution in [2.75, 3.05) is 20.2 Å². The Labute approximate surface area is 149 Å². The van der Waals surface area contributed by atoms with Gasteiger partial charge in [-0.1, -0.05) is 19.1 Å². The molecule has 1 unspecified atom stereocenters. The molecule has 1 aliphatic heterocycles. The Bertz CT molecular complexity index is 597. The van der Waals surface area contributed by atoms with E-state index < -0.39 is 5.60 Å². The first-order valence-corrected chi connectivity index (χ1v) is 8.94. The molecule has 1 heterocycles. The third kappa shape index (κ3) is 5.03. The standard InChI is InChI=1S/C19H29N3O3/c1-4-14(2)22-17(23)16-7-5-6-15(12-16)13-21-18(24)19(25-3)8-10-20-11-9-19/h5-7,12,14,20H,4,8-11,13H2,1-3H3,(H,21,24)(H,22,23). The van der Waals surface area contributed by atoms with Crippen molar-refractivity contribution >= 4 is 11.8 Å². The van der Waals surface area contributed by atoms with Crippen LogP contribution < -0.4 is 16.0 Å². The van der Waals surface area contributed by atoms with Crippen LogP contribution in [-0.2, 0) is 16.1 Å². The second-order valence-electron chi connectivity index (χ2n) is 6.61. The van der Waals surface area contributed by atoms with Crippen molar-refractivity contribution < 1.29 is 14.3 Å². The van der Waals surface area contributed by atoms with Gasteiger partial charge in [0.1, 0.15) is 5.60 Å². The highest BCUT2D eigenvalue weighted by Crippen LogP contribution is 2.22. The molecule has 0 spiro atoms. The summed E-state index contributed by atoms with van der Waals surface area (Å²) >= 11 is 0. The zero-order valence-electron chi connectivity index (χ0n) is 15.4. The molecule has 1 saturated heterocycles. The van der Waals surface area contributed by atoms with Gasteiger partial charge in [-0.2, -0.15) is 0 Å².